The van der Waals surface area contributed by atoms with Crippen LogP contribution in [0.2, 0.25) is 0 Å². The van der Waals surface area contributed by atoms with Crippen molar-refractivity contribution >= 4 is 28.9 Å². The van der Waals surface area contributed by atoms with Crippen molar-refractivity contribution < 1.29 is 14.3 Å². The molecule has 1 unspecified atom stereocenters. The number of hydrogen-bond acceptors (Lipinski definition) is 5. The molecule has 4 rings (SSSR count). The number of nitrogens with zero attached hydrogens (tertiary/aromatic N) is 1. The molecular weight excluding hydrogens is 430 g/mol. The van der Waals surface area contributed by atoms with Crippen molar-refractivity contribution in [1.82, 2.24) is 4.90 Å². The van der Waals surface area contributed by atoms with Crippen LogP contribution in [-0.2, 0) is 4.79 Å². The van der Waals surface area contributed by atoms with Crippen LogP contribution in [0, 0.1) is 0 Å². The molecule has 170 valence electrons. The second kappa shape index (κ2) is 10.3. The summed E-state index contributed by atoms with van der Waals surface area (Å²) >= 11 is 1.91. The zero-order valence-corrected chi connectivity index (χ0v) is 20.3. The first kappa shape index (κ1) is 23.1. The van der Waals surface area contributed by atoms with Gasteiger partial charge in [0.15, 0.2) is 0 Å². The molecule has 1 atom stereocenters. The maximum Gasteiger partial charge on any atom is 0.308 e. The molecule has 0 bridgehead atoms. The zero-order valence-electron chi connectivity index (χ0n) is 19.5. The van der Waals surface area contributed by atoms with Crippen LogP contribution in [0.3, 0.4) is 0 Å². The van der Waals surface area contributed by atoms with Gasteiger partial charge in [-0.3, -0.25) is 9.69 Å². The predicted molar refractivity (Wildman–Crippen MR) is 136 cm³/mol. The highest BCUT2D eigenvalue weighted by Crippen LogP contribution is 2.43. The third-order valence-corrected chi connectivity index (χ3v) is 6.78. The number of thioether (sulfide) groups is 1. The fraction of sp³-hybridized carbons (Fsp3) is 0.250. The van der Waals surface area contributed by atoms with Crippen LogP contribution in [0.5, 0.6) is 11.5 Å². The van der Waals surface area contributed by atoms with Crippen LogP contribution in [0.15, 0.2) is 77.7 Å². The van der Waals surface area contributed by atoms with E-state index in [4.69, 9.17) is 9.47 Å². The zero-order chi connectivity index (χ0) is 23.4. The summed E-state index contributed by atoms with van der Waals surface area (Å²) in [5.74, 6) is 2.12. The average molecular weight is 460 g/mol. The van der Waals surface area contributed by atoms with Crippen molar-refractivity contribution in [3.63, 3.8) is 0 Å². The Labute approximate surface area is 200 Å². The third-order valence-electron chi connectivity index (χ3n) is 5.71. The molecule has 1 aliphatic heterocycles. The van der Waals surface area contributed by atoms with Gasteiger partial charge in [0.25, 0.3) is 0 Å². The van der Waals surface area contributed by atoms with Gasteiger partial charge < -0.3 is 9.47 Å². The Kier molecular flexibility index (Phi) is 7.21. The fourth-order valence-corrected chi connectivity index (χ4v) is 4.92. The molecular formula is C28H29NO3S. The minimum absolute atomic E-state index is 0.00950. The van der Waals surface area contributed by atoms with E-state index < -0.39 is 0 Å². The molecule has 3 aromatic rings. The van der Waals surface area contributed by atoms with Gasteiger partial charge in [0.1, 0.15) is 17.7 Å². The Morgan fingerprint density at radius 1 is 0.909 bits per heavy atom. The van der Waals surface area contributed by atoms with Crippen molar-refractivity contribution in [3.05, 3.63) is 89.5 Å². The molecule has 0 aromatic heterocycles. The van der Waals surface area contributed by atoms with Gasteiger partial charge in [-0.2, -0.15) is 0 Å². The number of hydrogen-bond donors (Lipinski definition) is 0. The summed E-state index contributed by atoms with van der Waals surface area (Å²) in [5, 5.41) is 0. The lowest BCUT2D eigenvalue weighted by Gasteiger charge is -2.24. The van der Waals surface area contributed by atoms with Crippen molar-refractivity contribution in [2.45, 2.75) is 31.4 Å². The molecule has 5 heteroatoms. The van der Waals surface area contributed by atoms with Gasteiger partial charge in [-0.15, -0.1) is 11.8 Å². The largest absolute Gasteiger partial charge is 0.475 e. The Bertz CT molecular complexity index is 1150. The highest BCUT2D eigenvalue weighted by atomic mass is 32.2. The maximum atomic E-state index is 11.3. The molecule has 0 radical (unpaired) electrons. The first-order valence-corrected chi connectivity index (χ1v) is 12.1. The summed E-state index contributed by atoms with van der Waals surface area (Å²) < 4.78 is 11.3. The van der Waals surface area contributed by atoms with E-state index in [2.05, 4.69) is 36.4 Å². The summed E-state index contributed by atoms with van der Waals surface area (Å²) in [7, 11) is 4.00. The van der Waals surface area contributed by atoms with Gasteiger partial charge in [-0.05, 0) is 85.6 Å². The van der Waals surface area contributed by atoms with Gasteiger partial charge >= 0.3 is 5.97 Å². The topological polar surface area (TPSA) is 38.8 Å². The lowest BCUT2D eigenvalue weighted by atomic mass is 9.88. The van der Waals surface area contributed by atoms with Crippen molar-refractivity contribution in [1.29, 1.82) is 0 Å². The molecule has 0 N–H and O–H groups in total. The standard InChI is InChI=1S/C28H29NO3S/c1-19(29(3)4)31-23-13-9-21(10-14-23)28(22-11-15-24(16-12-22)32-20(2)30)26-17-18-33-27-8-6-5-7-25(26)27/h5-16,19H,17-18H2,1-4H3/b28-26+. The van der Waals surface area contributed by atoms with Crippen LogP contribution in [-0.4, -0.2) is 36.9 Å². The minimum atomic E-state index is -0.317. The van der Waals surface area contributed by atoms with Crippen LogP contribution >= 0.6 is 11.8 Å². The Morgan fingerprint density at radius 2 is 1.52 bits per heavy atom. The smallest absolute Gasteiger partial charge is 0.308 e. The summed E-state index contributed by atoms with van der Waals surface area (Å²) in [6.45, 7) is 3.45. The lowest BCUT2D eigenvalue weighted by Crippen LogP contribution is -2.30. The van der Waals surface area contributed by atoms with Crippen LogP contribution in [0.1, 0.15) is 37.0 Å². The summed E-state index contributed by atoms with van der Waals surface area (Å²) in [5.41, 5.74) is 6.05. The highest BCUT2D eigenvalue weighted by Gasteiger charge is 2.20. The average Bonchev–Trinajstić information content (AvgIpc) is 2.81. The lowest BCUT2D eigenvalue weighted by molar-refractivity contribution is -0.131. The van der Waals surface area contributed by atoms with E-state index in [1.54, 1.807) is 0 Å². The first-order chi connectivity index (χ1) is 15.9. The second-order valence-electron chi connectivity index (χ2n) is 8.27. The Balaban J connectivity index is 1.79. The molecule has 1 aliphatic rings. The normalized spacial score (nSPS) is 15.5. The summed E-state index contributed by atoms with van der Waals surface area (Å²) in [6, 6.07) is 24.7. The maximum absolute atomic E-state index is 11.3. The van der Waals surface area contributed by atoms with E-state index in [0.29, 0.717) is 5.75 Å². The number of ether oxygens (including phenoxy) is 2. The van der Waals surface area contributed by atoms with Gasteiger partial charge in [0, 0.05) is 17.6 Å². The summed E-state index contributed by atoms with van der Waals surface area (Å²) in [6.07, 6.45) is 0.975. The number of allylic oxidation sites excluding steroid dienone is 1. The molecule has 3 aromatic carbocycles. The Hall–Kier alpha value is -3.02. The highest BCUT2D eigenvalue weighted by molar-refractivity contribution is 7.99. The second-order valence-corrected chi connectivity index (χ2v) is 9.41. The van der Waals surface area contributed by atoms with Gasteiger partial charge in [0.2, 0.25) is 0 Å². The number of carbonyl (C=O) groups excluding carboxylic acids is 1. The van der Waals surface area contributed by atoms with E-state index in [1.807, 2.05) is 74.1 Å². The van der Waals surface area contributed by atoms with E-state index in [9.17, 15) is 4.79 Å². The van der Waals surface area contributed by atoms with Crippen molar-refractivity contribution in [3.8, 4) is 11.5 Å². The van der Waals surface area contributed by atoms with E-state index in [0.717, 1.165) is 29.1 Å². The monoisotopic (exact) mass is 459 g/mol. The third kappa shape index (κ3) is 5.49. The minimum Gasteiger partial charge on any atom is -0.475 e. The van der Waals surface area contributed by atoms with Crippen LogP contribution in [0.25, 0.3) is 11.1 Å². The van der Waals surface area contributed by atoms with E-state index >= 15 is 0 Å². The van der Waals surface area contributed by atoms with E-state index in [-0.39, 0.29) is 12.2 Å². The quantitative estimate of drug-likeness (QED) is 0.244. The molecule has 33 heavy (non-hydrogen) atoms. The number of rotatable bonds is 6. The van der Waals surface area contributed by atoms with Gasteiger partial charge in [-0.25, -0.2) is 0 Å². The fourth-order valence-electron chi connectivity index (χ4n) is 3.87. The van der Waals surface area contributed by atoms with Crippen molar-refractivity contribution in [2.24, 2.45) is 0 Å². The summed E-state index contributed by atoms with van der Waals surface area (Å²) in [4.78, 5) is 14.7. The van der Waals surface area contributed by atoms with Crippen molar-refractivity contribution in [2.75, 3.05) is 19.8 Å². The SMILES string of the molecule is CC(=O)Oc1ccc(/C(=C2\CCSc3ccccc32)c2ccc(OC(C)N(C)C)cc2)cc1. The molecule has 0 saturated heterocycles. The predicted octanol–water partition coefficient (Wildman–Crippen LogP) is 6.35. The molecule has 0 spiro atoms. The molecule has 0 fully saturated rings. The molecule has 0 aliphatic carbocycles. The number of carbonyl (C=O) groups is 1. The number of benzene rings is 3. The number of esters is 1. The Morgan fingerprint density at radius 3 is 2.12 bits per heavy atom. The van der Waals surface area contributed by atoms with Crippen LogP contribution < -0.4 is 9.47 Å². The van der Waals surface area contributed by atoms with E-state index in [1.165, 1.54) is 28.5 Å². The van der Waals surface area contributed by atoms with Gasteiger partial charge in [-0.1, -0.05) is 42.5 Å². The molecule has 0 saturated carbocycles. The molecule has 1 heterocycles. The number of fused-ring (bicyclic) bond motifs is 1. The molecule has 4 nitrogen and oxygen atoms in total. The van der Waals surface area contributed by atoms with Gasteiger partial charge in [0.05, 0.1) is 0 Å². The molecule has 0 amide bonds. The van der Waals surface area contributed by atoms with Crippen LogP contribution in [0.4, 0.5) is 0 Å². The first-order valence-electron chi connectivity index (χ1n) is 11.1.